The van der Waals surface area contributed by atoms with Gasteiger partial charge in [0.15, 0.2) is 0 Å². The zero-order valence-electron chi connectivity index (χ0n) is 22.3. The van der Waals surface area contributed by atoms with Gasteiger partial charge in [-0.2, -0.15) is 0 Å². The predicted molar refractivity (Wildman–Crippen MR) is 153 cm³/mol. The molecule has 188 valence electrons. The molecule has 1 heterocycles. The first-order chi connectivity index (χ1) is 16.4. The number of hydrogen-bond acceptors (Lipinski definition) is 2. The predicted octanol–water partition coefficient (Wildman–Crippen LogP) is 8.21. The molecule has 0 bridgehead atoms. The van der Waals surface area contributed by atoms with E-state index in [2.05, 4.69) is 135 Å². The molecule has 3 aromatic rings. The Bertz CT molecular complexity index is 1070. The Morgan fingerprint density at radius 2 is 1.37 bits per heavy atom. The summed E-state index contributed by atoms with van der Waals surface area (Å²) < 4.78 is 1.20. The molecule has 2 nitrogen and oxygen atoms in total. The van der Waals surface area contributed by atoms with Crippen LogP contribution in [0.5, 0.6) is 0 Å². The van der Waals surface area contributed by atoms with Crippen molar-refractivity contribution < 1.29 is 5.11 Å². The van der Waals surface area contributed by atoms with E-state index < -0.39 is 5.60 Å². The van der Waals surface area contributed by atoms with Gasteiger partial charge in [-0.1, -0.05) is 130 Å². The van der Waals surface area contributed by atoms with E-state index in [0.717, 1.165) is 38.0 Å². The Kier molecular flexibility index (Phi) is 9.01. The summed E-state index contributed by atoms with van der Waals surface area (Å²) in [5.74, 6) is 0. The third-order valence-electron chi connectivity index (χ3n) is 6.88. The lowest BCUT2D eigenvalue weighted by atomic mass is 9.80. The highest BCUT2D eigenvalue weighted by Crippen LogP contribution is 2.35. The molecule has 4 rings (SSSR count). The minimum atomic E-state index is -0.686. The molecule has 0 radical (unpaired) electrons. The fourth-order valence-corrected chi connectivity index (χ4v) is 5.44. The monoisotopic (exact) mass is 535 g/mol. The van der Waals surface area contributed by atoms with Gasteiger partial charge in [-0.3, -0.25) is 4.90 Å². The van der Waals surface area contributed by atoms with E-state index in [9.17, 15) is 5.11 Å². The molecule has 1 fully saturated rings. The van der Waals surface area contributed by atoms with E-state index in [-0.39, 0.29) is 10.8 Å². The first-order valence-electron chi connectivity index (χ1n) is 12.7. The van der Waals surface area contributed by atoms with Crippen LogP contribution in [-0.2, 0) is 23.0 Å². The lowest BCUT2D eigenvalue weighted by Gasteiger charge is -2.39. The molecule has 1 N–H and O–H groups in total. The van der Waals surface area contributed by atoms with Crippen molar-refractivity contribution in [3.8, 4) is 0 Å². The van der Waals surface area contributed by atoms with Crippen LogP contribution in [0.3, 0.4) is 0 Å². The van der Waals surface area contributed by atoms with Crippen molar-refractivity contribution in [2.24, 2.45) is 0 Å². The zero-order chi connectivity index (χ0) is 25.7. The van der Waals surface area contributed by atoms with Gasteiger partial charge in [0, 0.05) is 24.1 Å². The van der Waals surface area contributed by atoms with Crippen molar-refractivity contribution in [3.05, 3.63) is 106 Å². The van der Waals surface area contributed by atoms with Crippen LogP contribution < -0.4 is 0 Å². The van der Waals surface area contributed by atoms with Gasteiger partial charge >= 0.3 is 0 Å². The van der Waals surface area contributed by atoms with Crippen LogP contribution in [0.4, 0.5) is 0 Å². The summed E-state index contributed by atoms with van der Waals surface area (Å²) in [7, 11) is 0. The van der Waals surface area contributed by atoms with Crippen molar-refractivity contribution in [1.82, 2.24) is 4.90 Å². The smallest absolute Gasteiger partial charge is 0.0921 e. The number of aliphatic hydroxyl groups is 1. The van der Waals surface area contributed by atoms with Crippen LogP contribution >= 0.6 is 15.9 Å². The third kappa shape index (κ3) is 7.77. The minimum Gasteiger partial charge on any atom is -0.385 e. The molecule has 0 amide bonds. The van der Waals surface area contributed by atoms with Crippen molar-refractivity contribution in [1.29, 1.82) is 0 Å². The first-order valence-corrected chi connectivity index (χ1v) is 13.5. The highest BCUT2D eigenvalue weighted by Gasteiger charge is 2.34. The van der Waals surface area contributed by atoms with E-state index in [4.69, 9.17) is 0 Å². The molecule has 0 spiro atoms. The van der Waals surface area contributed by atoms with Gasteiger partial charge in [-0.15, -0.1) is 0 Å². The molecule has 0 atom stereocenters. The highest BCUT2D eigenvalue weighted by molar-refractivity contribution is 9.10. The largest absolute Gasteiger partial charge is 0.385 e. The zero-order valence-corrected chi connectivity index (χ0v) is 23.9. The molecule has 1 aliphatic heterocycles. The maximum Gasteiger partial charge on any atom is 0.0921 e. The number of likely N-dealkylation sites (tertiary alicyclic amines) is 1. The van der Waals surface area contributed by atoms with Gasteiger partial charge in [0.25, 0.3) is 0 Å². The fourth-order valence-electron chi connectivity index (χ4n) is 4.56. The van der Waals surface area contributed by atoms with E-state index in [1.54, 1.807) is 0 Å². The molecular formula is C32H42BrNO. The van der Waals surface area contributed by atoms with Crippen LogP contribution in [0.1, 0.15) is 76.6 Å². The Balaban J connectivity index is 0.000000261. The summed E-state index contributed by atoms with van der Waals surface area (Å²) in [5.41, 5.74) is 4.74. The Morgan fingerprint density at radius 1 is 0.771 bits per heavy atom. The summed E-state index contributed by atoms with van der Waals surface area (Å²) in [4.78, 5) is 2.44. The quantitative estimate of drug-likeness (QED) is 0.365. The van der Waals surface area contributed by atoms with Gasteiger partial charge in [-0.05, 0) is 52.0 Å². The molecule has 3 aromatic carbocycles. The molecule has 35 heavy (non-hydrogen) atoms. The first kappa shape index (κ1) is 27.6. The van der Waals surface area contributed by atoms with Crippen LogP contribution in [0, 0.1) is 0 Å². The summed E-state index contributed by atoms with van der Waals surface area (Å²) in [6, 6.07) is 27.5. The molecule has 0 aromatic heterocycles. The molecule has 3 heteroatoms. The van der Waals surface area contributed by atoms with Gasteiger partial charge in [0.1, 0.15) is 0 Å². The van der Waals surface area contributed by atoms with Crippen LogP contribution in [0.2, 0.25) is 0 Å². The molecule has 1 saturated heterocycles. The van der Waals surface area contributed by atoms with E-state index in [1.165, 1.54) is 21.2 Å². The number of rotatable bonds is 3. The summed E-state index contributed by atoms with van der Waals surface area (Å²) in [5, 5.41) is 11.2. The summed E-state index contributed by atoms with van der Waals surface area (Å²) in [6.07, 6.45) is 1.60. The van der Waals surface area contributed by atoms with Gasteiger partial charge in [0.05, 0.1) is 5.60 Å². The molecule has 0 aliphatic carbocycles. The minimum absolute atomic E-state index is 0.111. The third-order valence-corrected chi connectivity index (χ3v) is 7.57. The molecular weight excluding hydrogens is 494 g/mol. The number of piperidine rings is 1. The summed E-state index contributed by atoms with van der Waals surface area (Å²) >= 11 is 3.53. The molecule has 0 unspecified atom stereocenters. The second kappa shape index (κ2) is 11.4. The second-order valence-corrected chi connectivity index (χ2v) is 12.7. The van der Waals surface area contributed by atoms with E-state index in [1.807, 2.05) is 6.07 Å². The summed E-state index contributed by atoms with van der Waals surface area (Å²) in [6.45, 7) is 16.2. The average Bonchev–Trinajstić information content (AvgIpc) is 2.81. The van der Waals surface area contributed by atoms with E-state index >= 15 is 0 Å². The number of nitrogens with zero attached hydrogens (tertiary/aromatic N) is 1. The van der Waals surface area contributed by atoms with Crippen LogP contribution in [-0.4, -0.2) is 23.1 Å². The van der Waals surface area contributed by atoms with Crippen molar-refractivity contribution in [2.45, 2.75) is 77.4 Å². The topological polar surface area (TPSA) is 23.5 Å². The number of hydrogen-bond donors (Lipinski definition) is 1. The van der Waals surface area contributed by atoms with Crippen molar-refractivity contribution in [3.63, 3.8) is 0 Å². The fraction of sp³-hybridized carbons (Fsp3) is 0.438. The SMILES string of the molecule is CC(C)(C)c1cccc(C2(O)CCN(Cc3ccccc3)CC2)c1.CC(C)(C)c1ccccc1Br. The standard InChI is InChI=1S/C22H29NO.C10H13Br/c1-21(2,3)19-10-7-11-20(16-19)22(24)12-14-23(15-13-22)17-18-8-5-4-6-9-18;1-10(2,3)8-6-4-5-7-9(8)11/h4-11,16,24H,12-15,17H2,1-3H3;4-7H,1-3H3. The van der Waals surface area contributed by atoms with Crippen molar-refractivity contribution >= 4 is 15.9 Å². The second-order valence-electron chi connectivity index (χ2n) is 11.9. The lowest BCUT2D eigenvalue weighted by Crippen LogP contribution is -2.42. The molecule has 1 aliphatic rings. The highest BCUT2D eigenvalue weighted by atomic mass is 79.9. The maximum atomic E-state index is 11.2. The van der Waals surface area contributed by atoms with Gasteiger partial charge in [-0.25, -0.2) is 0 Å². The lowest BCUT2D eigenvalue weighted by molar-refractivity contribution is -0.0278. The van der Waals surface area contributed by atoms with Crippen LogP contribution in [0.25, 0.3) is 0 Å². The number of benzene rings is 3. The molecule has 0 saturated carbocycles. The van der Waals surface area contributed by atoms with Crippen LogP contribution in [0.15, 0.2) is 83.3 Å². The Morgan fingerprint density at radius 3 is 1.91 bits per heavy atom. The van der Waals surface area contributed by atoms with E-state index in [0.29, 0.717) is 0 Å². The Labute approximate surface area is 221 Å². The number of halogens is 1. The van der Waals surface area contributed by atoms with Gasteiger partial charge in [0.2, 0.25) is 0 Å². The van der Waals surface area contributed by atoms with Gasteiger partial charge < -0.3 is 5.11 Å². The van der Waals surface area contributed by atoms with Crippen molar-refractivity contribution in [2.75, 3.05) is 13.1 Å². The maximum absolute atomic E-state index is 11.2. The Hall–Kier alpha value is -1.94. The average molecular weight is 537 g/mol. The normalized spacial score (nSPS) is 16.3.